The molecule has 1 rings (SSSR count). The normalized spacial score (nSPS) is 10.6. The Hall–Kier alpha value is -1.05. The van der Waals surface area contributed by atoms with Crippen molar-refractivity contribution in [2.24, 2.45) is 0 Å². The molecule has 1 aromatic rings. The monoisotopic (exact) mass is 221 g/mol. The van der Waals surface area contributed by atoms with Crippen LogP contribution in [0.4, 0.5) is 0 Å². The van der Waals surface area contributed by atoms with Gasteiger partial charge >= 0.3 is 0 Å². The van der Waals surface area contributed by atoms with E-state index in [0.29, 0.717) is 0 Å². The highest BCUT2D eigenvalue weighted by molar-refractivity contribution is 5.16. The zero-order chi connectivity index (χ0) is 11.8. The lowest BCUT2D eigenvalue weighted by Crippen LogP contribution is -2.35. The van der Waals surface area contributed by atoms with Crippen molar-refractivity contribution in [3.63, 3.8) is 0 Å². The van der Waals surface area contributed by atoms with Gasteiger partial charge in [-0.1, -0.05) is 39.2 Å². The first-order valence-corrected chi connectivity index (χ1v) is 6.49. The lowest BCUT2D eigenvalue weighted by atomic mass is 10.1. The van der Waals surface area contributed by atoms with Crippen LogP contribution in [-0.4, -0.2) is 4.57 Å². The molecule has 0 saturated heterocycles. The van der Waals surface area contributed by atoms with Crippen molar-refractivity contribution in [3.8, 4) is 0 Å². The van der Waals surface area contributed by atoms with Crippen LogP contribution < -0.4 is 4.57 Å². The molecule has 0 aliphatic carbocycles. The maximum Gasteiger partial charge on any atom is 0.257 e. The smallest absolute Gasteiger partial charge is 0.234 e. The Morgan fingerprint density at radius 1 is 1.25 bits per heavy atom. The Kier molecular flexibility index (Phi) is 5.91. The molecule has 90 valence electrons. The third kappa shape index (κ3) is 3.84. The molecule has 0 saturated carbocycles. The number of hydrogen-bond donors (Lipinski definition) is 0. The van der Waals surface area contributed by atoms with Gasteiger partial charge in [0.15, 0.2) is 0 Å². The van der Waals surface area contributed by atoms with Crippen molar-refractivity contribution in [1.29, 1.82) is 0 Å². The van der Waals surface area contributed by atoms with E-state index in [1.54, 1.807) is 0 Å². The summed E-state index contributed by atoms with van der Waals surface area (Å²) >= 11 is 0. The summed E-state index contributed by atoms with van der Waals surface area (Å²) in [7, 11) is 0. The molecule has 0 unspecified atom stereocenters. The van der Waals surface area contributed by atoms with Gasteiger partial charge in [0.05, 0.1) is 12.7 Å². The van der Waals surface area contributed by atoms with Crippen molar-refractivity contribution in [1.82, 2.24) is 4.57 Å². The molecule has 0 aliphatic heterocycles. The average Bonchev–Trinajstić information content (AvgIpc) is 2.65. The molecule has 0 spiro atoms. The second-order valence-corrected chi connectivity index (χ2v) is 4.40. The summed E-state index contributed by atoms with van der Waals surface area (Å²) in [5, 5.41) is 0. The highest BCUT2D eigenvalue weighted by Crippen LogP contribution is 2.05. The van der Waals surface area contributed by atoms with E-state index in [9.17, 15) is 0 Å². The highest BCUT2D eigenvalue weighted by Gasteiger charge is 2.08. The van der Waals surface area contributed by atoms with Gasteiger partial charge in [-0.15, -0.1) is 0 Å². The fourth-order valence-corrected chi connectivity index (χ4v) is 2.01. The molecule has 0 radical (unpaired) electrons. The predicted octanol–water partition coefficient (Wildman–Crippen LogP) is 3.55. The molecule has 0 bridgehead atoms. The third-order valence-electron chi connectivity index (χ3n) is 3.15. The quantitative estimate of drug-likeness (QED) is 0.469. The van der Waals surface area contributed by atoms with Crippen LogP contribution in [0, 0.1) is 6.92 Å². The van der Waals surface area contributed by atoms with Crippen molar-refractivity contribution >= 4 is 6.20 Å². The minimum Gasteiger partial charge on any atom is -0.234 e. The van der Waals surface area contributed by atoms with Gasteiger partial charge in [0.1, 0.15) is 12.4 Å². The number of nitrogens with zero attached hydrogens (tertiary/aromatic N) is 2. The molecular formula is C14H25N2+. The Bertz CT molecular complexity index is 313. The minimum atomic E-state index is 1.14. The predicted molar refractivity (Wildman–Crippen MR) is 69.1 cm³/mol. The average molecular weight is 221 g/mol. The van der Waals surface area contributed by atoms with Gasteiger partial charge in [-0.2, -0.15) is 0 Å². The van der Waals surface area contributed by atoms with Crippen LogP contribution in [0.2, 0.25) is 0 Å². The summed E-state index contributed by atoms with van der Waals surface area (Å²) in [4.78, 5) is 0. The maximum atomic E-state index is 3.78. The molecule has 2 nitrogen and oxygen atoms in total. The number of aryl methyl sites for hydroxylation is 1. The van der Waals surface area contributed by atoms with Gasteiger partial charge < -0.3 is 0 Å². The van der Waals surface area contributed by atoms with E-state index in [0.717, 1.165) is 6.54 Å². The lowest BCUT2D eigenvalue weighted by Gasteiger charge is -2.00. The summed E-state index contributed by atoms with van der Waals surface area (Å²) in [5.74, 6) is 1.27. The summed E-state index contributed by atoms with van der Waals surface area (Å²) in [5.41, 5.74) is 0. The molecule has 1 heterocycles. The Balaban J connectivity index is 2.21. The lowest BCUT2D eigenvalue weighted by molar-refractivity contribution is -0.702. The highest BCUT2D eigenvalue weighted by atomic mass is 15.1. The fourth-order valence-electron chi connectivity index (χ4n) is 2.01. The molecule has 0 aliphatic rings. The third-order valence-corrected chi connectivity index (χ3v) is 3.15. The van der Waals surface area contributed by atoms with Gasteiger partial charge in [-0.05, 0) is 12.8 Å². The van der Waals surface area contributed by atoms with Crippen LogP contribution >= 0.6 is 0 Å². The minimum absolute atomic E-state index is 1.14. The molecule has 0 atom stereocenters. The first-order valence-electron chi connectivity index (χ1n) is 6.49. The second-order valence-electron chi connectivity index (χ2n) is 4.40. The van der Waals surface area contributed by atoms with Gasteiger partial charge in [0.2, 0.25) is 0 Å². The molecule has 1 aromatic heterocycles. The van der Waals surface area contributed by atoms with E-state index in [-0.39, 0.29) is 0 Å². The molecule has 16 heavy (non-hydrogen) atoms. The van der Waals surface area contributed by atoms with Gasteiger partial charge in [-0.25, -0.2) is 9.13 Å². The number of rotatable bonds is 8. The fraction of sp³-hybridized carbons (Fsp3) is 0.643. The number of aromatic nitrogens is 2. The van der Waals surface area contributed by atoms with E-state index in [2.05, 4.69) is 42.0 Å². The van der Waals surface area contributed by atoms with Crippen LogP contribution in [0.1, 0.15) is 51.3 Å². The van der Waals surface area contributed by atoms with Crippen LogP contribution in [0.15, 0.2) is 19.0 Å². The standard InChI is InChI=1S/C14H25N2/c1-4-6-7-8-9-10-11-16-13-12-15(5-2)14(16)3/h5,12-13H,2,4,6-11H2,1,3H3/q+1. The first-order chi connectivity index (χ1) is 7.79. The maximum absolute atomic E-state index is 3.78. The molecule has 0 fully saturated rings. The SMILES string of the molecule is C=Cn1cc[n+](CCCCCCCC)c1C. The second kappa shape index (κ2) is 7.26. The summed E-state index contributed by atoms with van der Waals surface area (Å²) in [6, 6.07) is 0. The molecular weight excluding hydrogens is 196 g/mol. The number of imidazole rings is 1. The summed E-state index contributed by atoms with van der Waals surface area (Å²) in [6.45, 7) is 9.32. The van der Waals surface area contributed by atoms with Crippen molar-refractivity contribution < 1.29 is 4.57 Å². The summed E-state index contributed by atoms with van der Waals surface area (Å²) < 4.78 is 4.37. The zero-order valence-electron chi connectivity index (χ0n) is 10.8. The molecule has 2 heteroatoms. The van der Waals surface area contributed by atoms with E-state index in [1.165, 1.54) is 44.3 Å². The van der Waals surface area contributed by atoms with Crippen molar-refractivity contribution in [3.05, 3.63) is 24.8 Å². The summed E-state index contributed by atoms with van der Waals surface area (Å²) in [6.07, 6.45) is 14.2. The van der Waals surface area contributed by atoms with Gasteiger partial charge in [-0.3, -0.25) is 0 Å². The van der Waals surface area contributed by atoms with Gasteiger partial charge in [0, 0.05) is 6.92 Å². The van der Waals surface area contributed by atoms with Crippen LogP contribution in [-0.2, 0) is 6.54 Å². The van der Waals surface area contributed by atoms with Crippen molar-refractivity contribution in [2.45, 2.75) is 58.9 Å². The Morgan fingerprint density at radius 3 is 2.56 bits per heavy atom. The van der Waals surface area contributed by atoms with Crippen molar-refractivity contribution in [2.75, 3.05) is 0 Å². The number of unbranched alkanes of at least 4 members (excludes halogenated alkanes) is 5. The van der Waals surface area contributed by atoms with Crippen LogP contribution in [0.25, 0.3) is 6.20 Å². The van der Waals surface area contributed by atoms with E-state index in [4.69, 9.17) is 0 Å². The van der Waals surface area contributed by atoms with E-state index >= 15 is 0 Å². The molecule has 0 amide bonds. The topological polar surface area (TPSA) is 8.81 Å². The van der Waals surface area contributed by atoms with Crippen LogP contribution in [0.3, 0.4) is 0 Å². The largest absolute Gasteiger partial charge is 0.257 e. The number of hydrogen-bond acceptors (Lipinski definition) is 0. The Labute approximate surface area is 99.6 Å². The van der Waals surface area contributed by atoms with E-state index in [1.807, 2.05) is 6.20 Å². The van der Waals surface area contributed by atoms with Crippen LogP contribution in [0.5, 0.6) is 0 Å². The molecule has 0 N–H and O–H groups in total. The molecule has 0 aromatic carbocycles. The van der Waals surface area contributed by atoms with E-state index < -0.39 is 0 Å². The Morgan fingerprint density at radius 2 is 1.94 bits per heavy atom. The first kappa shape index (κ1) is 13.0. The van der Waals surface area contributed by atoms with Gasteiger partial charge in [0.25, 0.3) is 5.82 Å². The zero-order valence-corrected chi connectivity index (χ0v) is 10.8.